The van der Waals surface area contributed by atoms with Crippen molar-refractivity contribution in [3.8, 4) is 0 Å². The highest BCUT2D eigenvalue weighted by Crippen LogP contribution is 2.25. The van der Waals surface area contributed by atoms with Crippen molar-refractivity contribution in [1.29, 1.82) is 0 Å². The van der Waals surface area contributed by atoms with E-state index in [0.717, 1.165) is 38.4 Å². The number of hydrogen-bond acceptors (Lipinski definition) is 4. The number of anilines is 1. The minimum absolute atomic E-state index is 0.307. The molecule has 0 aromatic heterocycles. The number of rotatable bonds is 6. The number of nitrogens with one attached hydrogen (secondary N) is 2. The lowest BCUT2D eigenvalue weighted by atomic mass is 9.89. The first-order valence-corrected chi connectivity index (χ1v) is 8.13. The summed E-state index contributed by atoms with van der Waals surface area (Å²) < 4.78 is 10.5. The molecule has 1 aliphatic heterocycles. The van der Waals surface area contributed by atoms with Crippen LogP contribution in [0.5, 0.6) is 0 Å². The Morgan fingerprint density at radius 1 is 1.26 bits per heavy atom. The molecule has 1 aromatic carbocycles. The molecule has 1 aliphatic rings. The maximum absolute atomic E-state index is 11.7. The fourth-order valence-corrected chi connectivity index (χ4v) is 2.35. The maximum Gasteiger partial charge on any atom is 0.412 e. The Hall–Kier alpha value is -1.59. The van der Waals surface area contributed by atoms with Crippen LogP contribution in [0.25, 0.3) is 0 Å². The van der Waals surface area contributed by atoms with E-state index < -0.39 is 11.7 Å². The SMILES string of the molecule is CC1(CNCCc2ccc(NC(=O)OC(C)(C)C)cc2)COC1. The van der Waals surface area contributed by atoms with E-state index in [1.807, 2.05) is 45.0 Å². The first kappa shape index (κ1) is 17.8. The molecule has 0 saturated carbocycles. The predicted molar refractivity (Wildman–Crippen MR) is 91.8 cm³/mol. The van der Waals surface area contributed by atoms with Crippen molar-refractivity contribution >= 4 is 11.8 Å². The molecule has 0 bridgehead atoms. The fraction of sp³-hybridized carbons (Fsp3) is 0.611. The van der Waals surface area contributed by atoms with E-state index in [0.29, 0.717) is 5.41 Å². The highest BCUT2D eigenvalue weighted by molar-refractivity contribution is 5.84. The molecule has 2 rings (SSSR count). The molecular formula is C18H28N2O3. The Morgan fingerprint density at radius 2 is 1.91 bits per heavy atom. The minimum Gasteiger partial charge on any atom is -0.444 e. The minimum atomic E-state index is -0.488. The second-order valence-electron chi connectivity index (χ2n) is 7.55. The van der Waals surface area contributed by atoms with Crippen LogP contribution in [0.15, 0.2) is 24.3 Å². The molecule has 1 fully saturated rings. The summed E-state index contributed by atoms with van der Waals surface area (Å²) in [6, 6.07) is 7.87. The molecule has 0 radical (unpaired) electrons. The van der Waals surface area contributed by atoms with E-state index in [9.17, 15) is 4.79 Å². The summed E-state index contributed by atoms with van der Waals surface area (Å²) >= 11 is 0. The molecular weight excluding hydrogens is 292 g/mol. The van der Waals surface area contributed by atoms with Crippen LogP contribution in [0.1, 0.15) is 33.3 Å². The Bertz CT molecular complexity index is 516. The second-order valence-corrected chi connectivity index (χ2v) is 7.55. The van der Waals surface area contributed by atoms with Gasteiger partial charge in [-0.3, -0.25) is 5.32 Å². The van der Waals surface area contributed by atoms with Crippen molar-refractivity contribution in [3.63, 3.8) is 0 Å². The van der Waals surface area contributed by atoms with Gasteiger partial charge < -0.3 is 14.8 Å². The summed E-state index contributed by atoms with van der Waals surface area (Å²) in [5.74, 6) is 0. The molecule has 0 aliphatic carbocycles. The average Bonchev–Trinajstić information content (AvgIpc) is 2.41. The number of benzene rings is 1. The second kappa shape index (κ2) is 7.32. The molecule has 5 heteroatoms. The summed E-state index contributed by atoms with van der Waals surface area (Å²) in [6.45, 7) is 11.4. The molecule has 0 unspecified atom stereocenters. The van der Waals surface area contributed by atoms with E-state index in [4.69, 9.17) is 9.47 Å². The van der Waals surface area contributed by atoms with E-state index >= 15 is 0 Å². The molecule has 5 nitrogen and oxygen atoms in total. The Balaban J connectivity index is 1.70. The number of carbonyl (C=O) groups is 1. The first-order chi connectivity index (χ1) is 10.8. The molecule has 128 valence electrons. The number of ether oxygens (including phenoxy) is 2. The van der Waals surface area contributed by atoms with Crippen LogP contribution < -0.4 is 10.6 Å². The van der Waals surface area contributed by atoms with Crippen LogP contribution in [0.4, 0.5) is 10.5 Å². The number of amides is 1. The highest BCUT2D eigenvalue weighted by Gasteiger charge is 2.32. The van der Waals surface area contributed by atoms with Crippen molar-refractivity contribution in [2.75, 3.05) is 31.6 Å². The van der Waals surface area contributed by atoms with Crippen molar-refractivity contribution in [2.24, 2.45) is 5.41 Å². The molecule has 2 N–H and O–H groups in total. The van der Waals surface area contributed by atoms with E-state index in [1.165, 1.54) is 5.56 Å². The molecule has 1 heterocycles. The van der Waals surface area contributed by atoms with Gasteiger partial charge in [-0.1, -0.05) is 19.1 Å². The lowest BCUT2D eigenvalue weighted by Gasteiger charge is -2.38. The van der Waals surface area contributed by atoms with Gasteiger partial charge in [-0.2, -0.15) is 0 Å². The number of hydrogen-bond donors (Lipinski definition) is 2. The summed E-state index contributed by atoms with van der Waals surface area (Å²) in [7, 11) is 0. The van der Waals surface area contributed by atoms with E-state index in [2.05, 4.69) is 17.6 Å². The zero-order chi connectivity index (χ0) is 16.9. The quantitative estimate of drug-likeness (QED) is 0.790. The van der Waals surface area contributed by atoms with E-state index in [-0.39, 0.29) is 0 Å². The molecule has 0 spiro atoms. The summed E-state index contributed by atoms with van der Waals surface area (Å²) in [6.07, 6.45) is 0.534. The van der Waals surface area contributed by atoms with Gasteiger partial charge in [-0.15, -0.1) is 0 Å². The van der Waals surface area contributed by atoms with Crippen LogP contribution in [-0.4, -0.2) is 38.0 Å². The summed E-state index contributed by atoms with van der Waals surface area (Å²) in [5.41, 5.74) is 1.80. The Kier molecular flexibility index (Phi) is 5.65. The van der Waals surface area contributed by atoms with Crippen molar-refractivity contribution in [2.45, 2.75) is 39.7 Å². The van der Waals surface area contributed by atoms with Crippen LogP contribution in [-0.2, 0) is 15.9 Å². The lowest BCUT2D eigenvalue weighted by Crippen LogP contribution is -2.47. The zero-order valence-corrected chi connectivity index (χ0v) is 14.6. The molecule has 1 saturated heterocycles. The Labute approximate surface area is 138 Å². The van der Waals surface area contributed by atoms with Gasteiger partial charge in [0.2, 0.25) is 0 Å². The van der Waals surface area contributed by atoms with Crippen LogP contribution in [0.3, 0.4) is 0 Å². The number of carbonyl (C=O) groups excluding carboxylic acids is 1. The monoisotopic (exact) mass is 320 g/mol. The van der Waals surface area contributed by atoms with Gasteiger partial charge >= 0.3 is 6.09 Å². The van der Waals surface area contributed by atoms with Gasteiger partial charge in [-0.05, 0) is 51.4 Å². The van der Waals surface area contributed by atoms with Gasteiger partial charge in [0, 0.05) is 17.6 Å². The summed E-state index contributed by atoms with van der Waals surface area (Å²) in [4.78, 5) is 11.7. The van der Waals surface area contributed by atoms with Gasteiger partial charge in [0.15, 0.2) is 0 Å². The molecule has 23 heavy (non-hydrogen) atoms. The third-order valence-electron chi connectivity index (χ3n) is 3.64. The van der Waals surface area contributed by atoms with E-state index in [1.54, 1.807) is 0 Å². The fourth-order valence-electron chi connectivity index (χ4n) is 2.35. The lowest BCUT2D eigenvalue weighted by molar-refractivity contribution is -0.0988. The van der Waals surface area contributed by atoms with Crippen LogP contribution in [0, 0.1) is 5.41 Å². The molecule has 0 atom stereocenters. The highest BCUT2D eigenvalue weighted by atomic mass is 16.6. The van der Waals surface area contributed by atoms with Gasteiger partial charge in [0.25, 0.3) is 0 Å². The maximum atomic E-state index is 11.7. The standard InChI is InChI=1S/C18H28N2O3/c1-17(2,3)23-16(21)20-15-7-5-14(6-8-15)9-10-19-11-18(4)12-22-13-18/h5-8,19H,9-13H2,1-4H3,(H,20,21). The zero-order valence-electron chi connectivity index (χ0n) is 14.6. The normalized spacial score (nSPS) is 16.5. The smallest absolute Gasteiger partial charge is 0.412 e. The molecule has 1 aromatic rings. The predicted octanol–water partition coefficient (Wildman–Crippen LogP) is 3.20. The van der Waals surface area contributed by atoms with Crippen molar-refractivity contribution in [1.82, 2.24) is 5.32 Å². The molecule has 1 amide bonds. The van der Waals surface area contributed by atoms with Crippen LogP contribution in [0.2, 0.25) is 0 Å². The van der Waals surface area contributed by atoms with Crippen molar-refractivity contribution in [3.05, 3.63) is 29.8 Å². The van der Waals surface area contributed by atoms with Crippen molar-refractivity contribution < 1.29 is 14.3 Å². The third kappa shape index (κ3) is 6.20. The topological polar surface area (TPSA) is 59.6 Å². The first-order valence-electron chi connectivity index (χ1n) is 8.13. The Morgan fingerprint density at radius 3 is 2.43 bits per heavy atom. The van der Waals surface area contributed by atoms with Gasteiger partial charge in [0.05, 0.1) is 13.2 Å². The van der Waals surface area contributed by atoms with Crippen LogP contribution >= 0.6 is 0 Å². The summed E-state index contributed by atoms with van der Waals surface area (Å²) in [5, 5.41) is 6.22. The average molecular weight is 320 g/mol. The van der Waals surface area contributed by atoms with Gasteiger partial charge in [0.1, 0.15) is 5.60 Å². The largest absolute Gasteiger partial charge is 0.444 e. The van der Waals surface area contributed by atoms with Gasteiger partial charge in [-0.25, -0.2) is 4.79 Å². The third-order valence-corrected chi connectivity index (χ3v) is 3.64.